The van der Waals surface area contributed by atoms with Gasteiger partial charge in [0.05, 0.1) is 11.3 Å². The van der Waals surface area contributed by atoms with E-state index < -0.39 is 17.8 Å². The number of ether oxygens (including phenoxy) is 1. The number of rotatable bonds is 6. The second-order valence-electron chi connectivity index (χ2n) is 7.61. The molecule has 3 aromatic rings. The first-order chi connectivity index (χ1) is 16.3. The van der Waals surface area contributed by atoms with Crippen molar-refractivity contribution in [2.75, 3.05) is 4.90 Å². The van der Waals surface area contributed by atoms with Crippen LogP contribution in [0.25, 0.3) is 6.08 Å². The summed E-state index contributed by atoms with van der Waals surface area (Å²) in [5, 5.41) is 11.7. The molecule has 7 nitrogen and oxygen atoms in total. The molecule has 0 aromatic heterocycles. The average Bonchev–Trinajstić information content (AvgIpc) is 2.82. The monoisotopic (exact) mass is 472 g/mol. The van der Waals surface area contributed by atoms with Crippen LogP contribution >= 0.6 is 12.2 Å². The Morgan fingerprint density at radius 3 is 2.50 bits per heavy atom. The number of aryl methyl sites for hydroxylation is 1. The summed E-state index contributed by atoms with van der Waals surface area (Å²) in [6.07, 6.45) is 1.50. The number of amides is 2. The molecule has 1 aliphatic rings. The summed E-state index contributed by atoms with van der Waals surface area (Å²) in [6.45, 7) is 2.06. The molecule has 0 unspecified atom stereocenters. The lowest BCUT2D eigenvalue weighted by Crippen LogP contribution is -2.54. The quantitative estimate of drug-likeness (QED) is 0.319. The zero-order valence-electron chi connectivity index (χ0n) is 18.1. The minimum absolute atomic E-state index is 0.0315. The lowest BCUT2D eigenvalue weighted by molar-refractivity contribution is -0.122. The first kappa shape index (κ1) is 22.9. The molecule has 0 saturated carbocycles. The van der Waals surface area contributed by atoms with Gasteiger partial charge in [-0.3, -0.25) is 19.8 Å². The van der Waals surface area contributed by atoms with E-state index in [0.717, 1.165) is 11.1 Å². The van der Waals surface area contributed by atoms with Gasteiger partial charge in [-0.25, -0.2) is 4.79 Å². The second-order valence-corrected chi connectivity index (χ2v) is 7.99. The summed E-state index contributed by atoms with van der Waals surface area (Å²) in [5.74, 6) is -1.49. The Labute approximate surface area is 201 Å². The molecule has 3 aromatic carbocycles. The molecule has 4 rings (SSSR count). The Hall–Kier alpha value is -4.30. The van der Waals surface area contributed by atoms with Crippen LogP contribution in [0, 0.1) is 6.92 Å². The molecule has 1 heterocycles. The molecule has 2 N–H and O–H groups in total. The van der Waals surface area contributed by atoms with Gasteiger partial charge in [0, 0.05) is 0 Å². The Balaban J connectivity index is 1.51. The third-order valence-electron chi connectivity index (χ3n) is 5.23. The summed E-state index contributed by atoms with van der Waals surface area (Å²) < 4.78 is 5.73. The first-order valence-corrected chi connectivity index (χ1v) is 10.8. The van der Waals surface area contributed by atoms with E-state index in [9.17, 15) is 14.4 Å². The molecule has 1 saturated heterocycles. The molecular formula is C26H20N2O5S. The molecule has 34 heavy (non-hydrogen) atoms. The first-order valence-electron chi connectivity index (χ1n) is 10.4. The number of benzene rings is 3. The van der Waals surface area contributed by atoms with Crippen LogP contribution in [0.1, 0.15) is 27.0 Å². The molecule has 0 atom stereocenters. The van der Waals surface area contributed by atoms with E-state index in [1.807, 2.05) is 19.1 Å². The van der Waals surface area contributed by atoms with Crippen LogP contribution in [0.3, 0.4) is 0 Å². The van der Waals surface area contributed by atoms with Crippen molar-refractivity contribution in [2.45, 2.75) is 13.5 Å². The van der Waals surface area contributed by atoms with Crippen LogP contribution < -0.4 is 15.0 Å². The number of carboxylic acids is 1. The molecule has 2 amide bonds. The van der Waals surface area contributed by atoms with Gasteiger partial charge in [-0.15, -0.1) is 0 Å². The lowest BCUT2D eigenvalue weighted by atomic mass is 10.1. The number of hydrogen-bond acceptors (Lipinski definition) is 5. The molecule has 170 valence electrons. The van der Waals surface area contributed by atoms with Gasteiger partial charge >= 0.3 is 5.97 Å². The number of anilines is 1. The van der Waals surface area contributed by atoms with Crippen molar-refractivity contribution >= 4 is 46.9 Å². The number of carbonyl (C=O) groups excluding carboxylic acids is 2. The van der Waals surface area contributed by atoms with Crippen LogP contribution in [0.4, 0.5) is 5.69 Å². The van der Waals surface area contributed by atoms with Crippen LogP contribution in [-0.2, 0) is 16.2 Å². The standard InChI is InChI=1S/C26H20N2O5S/c1-16-5-2-3-8-22(16)28-24(30)21(23(29)27-26(28)34)14-17-9-11-20(12-10-17)33-15-18-6-4-7-19(13-18)25(31)32/h2-14H,15H2,1H3,(H,31,32)(H,27,29,34)/b21-14+. The van der Waals surface area contributed by atoms with Crippen LogP contribution in [-0.4, -0.2) is 28.0 Å². The predicted octanol–water partition coefficient (Wildman–Crippen LogP) is 4.10. The van der Waals surface area contributed by atoms with Crippen LogP contribution in [0.2, 0.25) is 0 Å². The fourth-order valence-electron chi connectivity index (χ4n) is 3.48. The molecular weight excluding hydrogens is 452 g/mol. The number of hydrogen-bond donors (Lipinski definition) is 2. The third kappa shape index (κ3) is 4.87. The summed E-state index contributed by atoms with van der Waals surface area (Å²) in [5.41, 5.74) is 2.98. The Kier molecular flexibility index (Phi) is 6.51. The second kappa shape index (κ2) is 9.68. The predicted molar refractivity (Wildman–Crippen MR) is 132 cm³/mol. The number of carbonyl (C=O) groups is 3. The normalized spacial score (nSPS) is 14.8. The highest BCUT2D eigenvalue weighted by Crippen LogP contribution is 2.25. The average molecular weight is 473 g/mol. The zero-order chi connectivity index (χ0) is 24.2. The highest BCUT2D eigenvalue weighted by Gasteiger charge is 2.34. The molecule has 1 fully saturated rings. The highest BCUT2D eigenvalue weighted by molar-refractivity contribution is 7.80. The van der Waals surface area contributed by atoms with E-state index in [1.54, 1.807) is 54.6 Å². The van der Waals surface area contributed by atoms with Crippen molar-refractivity contribution < 1.29 is 24.2 Å². The minimum Gasteiger partial charge on any atom is -0.489 e. The van der Waals surface area contributed by atoms with E-state index in [0.29, 0.717) is 17.0 Å². The van der Waals surface area contributed by atoms with Gasteiger partial charge in [0.25, 0.3) is 11.8 Å². The van der Waals surface area contributed by atoms with Crippen molar-refractivity contribution in [1.29, 1.82) is 0 Å². The Morgan fingerprint density at radius 2 is 1.79 bits per heavy atom. The van der Waals surface area contributed by atoms with Gasteiger partial charge in [0.2, 0.25) is 0 Å². The molecule has 0 bridgehead atoms. The van der Waals surface area contributed by atoms with Crippen molar-refractivity contribution in [1.82, 2.24) is 5.32 Å². The topological polar surface area (TPSA) is 95.9 Å². The smallest absolute Gasteiger partial charge is 0.335 e. The number of aromatic carboxylic acids is 1. The van der Waals surface area contributed by atoms with E-state index >= 15 is 0 Å². The SMILES string of the molecule is Cc1ccccc1N1C(=O)/C(=C/c2ccc(OCc3cccc(C(=O)O)c3)cc2)C(=O)NC1=S. The Bertz CT molecular complexity index is 1330. The van der Waals surface area contributed by atoms with Crippen molar-refractivity contribution in [3.63, 3.8) is 0 Å². The van der Waals surface area contributed by atoms with Crippen molar-refractivity contribution in [3.05, 3.63) is 101 Å². The van der Waals surface area contributed by atoms with E-state index in [2.05, 4.69) is 5.32 Å². The number of carboxylic acid groups (broad SMARTS) is 1. The van der Waals surface area contributed by atoms with Gasteiger partial charge in [0.1, 0.15) is 17.9 Å². The molecule has 0 radical (unpaired) electrons. The molecule has 8 heteroatoms. The van der Waals surface area contributed by atoms with Crippen molar-refractivity contribution in [2.24, 2.45) is 0 Å². The third-order valence-corrected chi connectivity index (χ3v) is 5.51. The maximum Gasteiger partial charge on any atom is 0.335 e. The zero-order valence-corrected chi connectivity index (χ0v) is 19.0. The van der Waals surface area contributed by atoms with E-state index in [1.165, 1.54) is 17.0 Å². The van der Waals surface area contributed by atoms with Crippen LogP contribution in [0.5, 0.6) is 5.75 Å². The summed E-state index contributed by atoms with van der Waals surface area (Å²) >= 11 is 5.25. The van der Waals surface area contributed by atoms with Gasteiger partial charge in [0.15, 0.2) is 5.11 Å². The van der Waals surface area contributed by atoms with Crippen LogP contribution in [0.15, 0.2) is 78.4 Å². The summed E-state index contributed by atoms with van der Waals surface area (Å²) in [4.78, 5) is 38.1. The van der Waals surface area contributed by atoms with E-state index in [-0.39, 0.29) is 22.9 Å². The van der Waals surface area contributed by atoms with Gasteiger partial charge in [-0.05, 0) is 72.2 Å². The lowest BCUT2D eigenvalue weighted by Gasteiger charge is -2.30. The summed E-state index contributed by atoms with van der Waals surface area (Å²) in [6, 6.07) is 20.7. The highest BCUT2D eigenvalue weighted by atomic mass is 32.1. The molecule has 1 aliphatic heterocycles. The molecule has 0 spiro atoms. The number of para-hydroxylation sites is 1. The number of nitrogens with one attached hydrogen (secondary N) is 1. The fourth-order valence-corrected chi connectivity index (χ4v) is 3.75. The fraction of sp³-hybridized carbons (Fsp3) is 0.0769. The Morgan fingerprint density at radius 1 is 1.06 bits per heavy atom. The van der Waals surface area contributed by atoms with E-state index in [4.69, 9.17) is 22.1 Å². The largest absolute Gasteiger partial charge is 0.489 e. The van der Waals surface area contributed by atoms with Gasteiger partial charge in [-0.1, -0.05) is 42.5 Å². The van der Waals surface area contributed by atoms with Crippen molar-refractivity contribution in [3.8, 4) is 5.75 Å². The maximum atomic E-state index is 13.1. The number of nitrogens with zero attached hydrogens (tertiary/aromatic N) is 1. The minimum atomic E-state index is -0.998. The van der Waals surface area contributed by atoms with Gasteiger partial charge < -0.3 is 9.84 Å². The number of thiocarbonyl (C=S) groups is 1. The maximum absolute atomic E-state index is 13.1. The summed E-state index contributed by atoms with van der Waals surface area (Å²) in [7, 11) is 0. The van der Waals surface area contributed by atoms with Gasteiger partial charge in [-0.2, -0.15) is 0 Å². The molecule has 0 aliphatic carbocycles.